The second-order valence-electron chi connectivity index (χ2n) is 7.72. The minimum absolute atomic E-state index is 0.229. The quantitative estimate of drug-likeness (QED) is 0.756. The van der Waals surface area contributed by atoms with Gasteiger partial charge in [-0.3, -0.25) is 9.69 Å². The summed E-state index contributed by atoms with van der Waals surface area (Å²) in [5.41, 5.74) is 0. The first kappa shape index (κ1) is 18.1. The molecule has 0 N–H and O–H groups in total. The lowest BCUT2D eigenvalue weighted by Gasteiger charge is -2.41. The van der Waals surface area contributed by atoms with Crippen molar-refractivity contribution >= 4 is 15.9 Å². The van der Waals surface area contributed by atoms with Crippen LogP contribution in [-0.4, -0.2) is 80.5 Å². The molecule has 0 radical (unpaired) electrons. The molecule has 7 heteroatoms. The topological polar surface area (TPSA) is 60.9 Å². The van der Waals surface area contributed by atoms with Gasteiger partial charge < -0.3 is 4.90 Å². The molecule has 3 aliphatic rings. The molecule has 0 aromatic heterocycles. The molecule has 138 valence electrons. The van der Waals surface area contributed by atoms with Gasteiger partial charge >= 0.3 is 0 Å². The fourth-order valence-electron chi connectivity index (χ4n) is 4.56. The number of carbonyl (C=O) groups is 1. The zero-order valence-corrected chi connectivity index (χ0v) is 15.6. The van der Waals surface area contributed by atoms with Crippen molar-refractivity contribution in [3.05, 3.63) is 0 Å². The second kappa shape index (κ2) is 7.70. The Morgan fingerprint density at radius 3 is 2.42 bits per heavy atom. The van der Waals surface area contributed by atoms with Gasteiger partial charge in [-0.15, -0.1) is 0 Å². The first-order valence-electron chi connectivity index (χ1n) is 9.39. The van der Waals surface area contributed by atoms with Crippen LogP contribution in [0, 0.1) is 11.8 Å². The molecule has 2 saturated heterocycles. The fourth-order valence-corrected chi connectivity index (χ4v) is 5.43. The normalized spacial score (nSPS) is 30.6. The smallest absolute Gasteiger partial charge is 0.236 e. The average Bonchev–Trinajstić information content (AvgIpc) is 2.80. The van der Waals surface area contributed by atoms with E-state index in [2.05, 4.69) is 9.80 Å². The third kappa shape index (κ3) is 4.49. The third-order valence-electron chi connectivity index (χ3n) is 6.02. The predicted molar refractivity (Wildman–Crippen MR) is 94.1 cm³/mol. The number of piperidine rings is 1. The molecule has 0 spiro atoms. The SMILES string of the molecule is CS(=O)(=O)N1CCCN(CC(=O)N2CCC3CCCCC3C2)CC1. The highest BCUT2D eigenvalue weighted by atomic mass is 32.2. The summed E-state index contributed by atoms with van der Waals surface area (Å²) in [7, 11) is -3.12. The minimum atomic E-state index is -3.12. The maximum absolute atomic E-state index is 12.7. The lowest BCUT2D eigenvalue weighted by Crippen LogP contribution is -2.48. The number of amides is 1. The number of sulfonamides is 1. The standard InChI is InChI=1S/C17H31N3O3S/c1-24(22,23)20-9-4-8-18(11-12-20)14-17(21)19-10-7-15-5-2-3-6-16(15)13-19/h15-16H,2-14H2,1H3. The van der Waals surface area contributed by atoms with Gasteiger partial charge in [0.15, 0.2) is 0 Å². The maximum Gasteiger partial charge on any atom is 0.236 e. The molecule has 0 aromatic rings. The summed E-state index contributed by atoms with van der Waals surface area (Å²) < 4.78 is 24.9. The number of nitrogens with zero attached hydrogens (tertiary/aromatic N) is 3. The van der Waals surface area contributed by atoms with Gasteiger partial charge in [0.2, 0.25) is 15.9 Å². The van der Waals surface area contributed by atoms with Crippen LogP contribution in [0.3, 0.4) is 0 Å². The molecular weight excluding hydrogens is 326 g/mol. The van der Waals surface area contributed by atoms with Gasteiger partial charge in [0.1, 0.15) is 0 Å². The summed E-state index contributed by atoms with van der Waals surface area (Å²) in [5, 5.41) is 0. The molecule has 0 aromatic carbocycles. The Morgan fingerprint density at radius 1 is 0.917 bits per heavy atom. The van der Waals surface area contributed by atoms with E-state index in [1.807, 2.05) is 0 Å². The Balaban J connectivity index is 1.50. The van der Waals surface area contributed by atoms with Crippen molar-refractivity contribution in [3.63, 3.8) is 0 Å². The van der Waals surface area contributed by atoms with E-state index in [9.17, 15) is 13.2 Å². The summed E-state index contributed by atoms with van der Waals surface area (Å²) >= 11 is 0. The van der Waals surface area contributed by atoms with Crippen LogP contribution in [0.25, 0.3) is 0 Å². The predicted octanol–water partition coefficient (Wildman–Crippen LogP) is 0.992. The van der Waals surface area contributed by atoms with Crippen molar-refractivity contribution in [3.8, 4) is 0 Å². The van der Waals surface area contributed by atoms with Crippen LogP contribution in [0.4, 0.5) is 0 Å². The molecule has 2 atom stereocenters. The Morgan fingerprint density at radius 2 is 1.67 bits per heavy atom. The summed E-state index contributed by atoms with van der Waals surface area (Å²) in [6.07, 6.45) is 8.53. The number of fused-ring (bicyclic) bond motifs is 1. The highest BCUT2D eigenvalue weighted by molar-refractivity contribution is 7.88. The van der Waals surface area contributed by atoms with E-state index in [1.54, 1.807) is 0 Å². The molecule has 1 amide bonds. The van der Waals surface area contributed by atoms with Crippen molar-refractivity contribution in [2.24, 2.45) is 11.8 Å². The van der Waals surface area contributed by atoms with E-state index in [0.717, 1.165) is 38.4 Å². The molecule has 6 nitrogen and oxygen atoms in total. The van der Waals surface area contributed by atoms with E-state index in [-0.39, 0.29) is 5.91 Å². The molecule has 3 fully saturated rings. The van der Waals surface area contributed by atoms with Crippen molar-refractivity contribution < 1.29 is 13.2 Å². The number of rotatable bonds is 3. The molecule has 0 bridgehead atoms. The molecule has 2 unspecified atom stereocenters. The van der Waals surface area contributed by atoms with Crippen LogP contribution in [0.5, 0.6) is 0 Å². The maximum atomic E-state index is 12.7. The first-order valence-corrected chi connectivity index (χ1v) is 11.2. The third-order valence-corrected chi connectivity index (χ3v) is 7.32. The number of carbonyl (C=O) groups excluding carboxylic acids is 1. The van der Waals surface area contributed by atoms with E-state index in [0.29, 0.717) is 32.1 Å². The van der Waals surface area contributed by atoms with Crippen molar-refractivity contribution in [1.29, 1.82) is 0 Å². The van der Waals surface area contributed by atoms with Crippen molar-refractivity contribution in [2.75, 3.05) is 52.1 Å². The highest BCUT2D eigenvalue weighted by Gasteiger charge is 2.33. The van der Waals surface area contributed by atoms with Gasteiger partial charge in [0.05, 0.1) is 12.8 Å². The molecule has 1 saturated carbocycles. The van der Waals surface area contributed by atoms with Gasteiger partial charge in [-0.25, -0.2) is 12.7 Å². The van der Waals surface area contributed by atoms with Gasteiger partial charge in [-0.2, -0.15) is 0 Å². The van der Waals surface area contributed by atoms with Crippen LogP contribution >= 0.6 is 0 Å². The zero-order chi connectivity index (χ0) is 17.2. The number of hydrogen-bond donors (Lipinski definition) is 0. The van der Waals surface area contributed by atoms with Crippen LogP contribution in [0.1, 0.15) is 38.5 Å². The summed E-state index contributed by atoms with van der Waals surface area (Å²) in [6, 6.07) is 0. The molecule has 2 aliphatic heterocycles. The Hall–Kier alpha value is -0.660. The van der Waals surface area contributed by atoms with Gasteiger partial charge in [-0.05, 0) is 37.6 Å². The van der Waals surface area contributed by atoms with E-state index in [1.165, 1.54) is 36.2 Å². The van der Waals surface area contributed by atoms with E-state index in [4.69, 9.17) is 0 Å². The largest absolute Gasteiger partial charge is 0.341 e. The summed E-state index contributed by atoms with van der Waals surface area (Å²) in [4.78, 5) is 16.9. The van der Waals surface area contributed by atoms with Gasteiger partial charge in [-0.1, -0.05) is 19.3 Å². The van der Waals surface area contributed by atoms with Crippen molar-refractivity contribution in [1.82, 2.24) is 14.1 Å². The minimum Gasteiger partial charge on any atom is -0.341 e. The van der Waals surface area contributed by atoms with Gasteiger partial charge in [0, 0.05) is 32.7 Å². The monoisotopic (exact) mass is 357 g/mol. The molecule has 3 rings (SSSR count). The van der Waals surface area contributed by atoms with Crippen LogP contribution in [0.2, 0.25) is 0 Å². The van der Waals surface area contributed by atoms with Gasteiger partial charge in [0.25, 0.3) is 0 Å². The van der Waals surface area contributed by atoms with E-state index >= 15 is 0 Å². The average molecular weight is 358 g/mol. The van der Waals surface area contributed by atoms with Crippen LogP contribution in [-0.2, 0) is 14.8 Å². The Kier molecular flexibility index (Phi) is 5.82. The fraction of sp³-hybridized carbons (Fsp3) is 0.941. The van der Waals surface area contributed by atoms with E-state index < -0.39 is 10.0 Å². The summed E-state index contributed by atoms with van der Waals surface area (Å²) in [6.45, 7) is 4.80. The molecule has 1 aliphatic carbocycles. The summed E-state index contributed by atoms with van der Waals surface area (Å²) in [5.74, 6) is 1.78. The lowest BCUT2D eigenvalue weighted by atomic mass is 9.75. The van der Waals surface area contributed by atoms with Crippen LogP contribution in [0.15, 0.2) is 0 Å². The zero-order valence-electron chi connectivity index (χ0n) is 14.8. The van der Waals surface area contributed by atoms with Crippen LogP contribution < -0.4 is 0 Å². The second-order valence-corrected chi connectivity index (χ2v) is 9.71. The molecule has 24 heavy (non-hydrogen) atoms. The Bertz CT molecular complexity index is 551. The highest BCUT2D eigenvalue weighted by Crippen LogP contribution is 2.36. The van der Waals surface area contributed by atoms with Crippen molar-refractivity contribution in [2.45, 2.75) is 38.5 Å². The number of likely N-dealkylation sites (tertiary alicyclic amines) is 1. The first-order chi connectivity index (χ1) is 11.4. The number of hydrogen-bond acceptors (Lipinski definition) is 4. The Labute approximate surface area is 146 Å². The molecular formula is C17H31N3O3S. The molecule has 2 heterocycles. The lowest BCUT2D eigenvalue weighted by molar-refractivity contribution is -0.135.